The number of hydrogen-bond donors (Lipinski definition) is 3. The zero-order valence-electron chi connectivity index (χ0n) is 16.2. The van der Waals surface area contributed by atoms with E-state index >= 15 is 0 Å². The Balaban J connectivity index is 3.50. The molecule has 0 amide bonds. The molecule has 6 heteroatoms. The van der Waals surface area contributed by atoms with Gasteiger partial charge < -0.3 is 24.6 Å². The average molecular weight is 381 g/mol. The Morgan fingerprint density at radius 2 is 1.32 bits per heavy atom. The fraction of sp³-hybridized carbons (Fsp3) is 1.00. The maximum atomic E-state index is 12.4. The van der Waals surface area contributed by atoms with Crippen molar-refractivity contribution in [3.05, 3.63) is 0 Å². The molecule has 0 saturated carbocycles. The van der Waals surface area contributed by atoms with Crippen LogP contribution in [0, 0.1) is 0 Å². The fourth-order valence-corrected chi connectivity index (χ4v) is 5.20. The summed E-state index contributed by atoms with van der Waals surface area (Å²) in [7, 11) is -2.69. The molecule has 3 N–H and O–H groups in total. The van der Waals surface area contributed by atoms with Gasteiger partial charge in [0.15, 0.2) is 0 Å². The second-order valence-electron chi connectivity index (χ2n) is 7.05. The largest absolute Gasteiger partial charge is 0.396 e. The van der Waals surface area contributed by atoms with Crippen molar-refractivity contribution in [3.8, 4) is 0 Å². The molecule has 0 rings (SSSR count). The third-order valence-electron chi connectivity index (χ3n) is 4.51. The van der Waals surface area contributed by atoms with Crippen molar-refractivity contribution in [2.24, 2.45) is 0 Å². The first kappa shape index (κ1) is 25.1. The van der Waals surface area contributed by atoms with E-state index in [2.05, 4.69) is 6.92 Å². The Morgan fingerprint density at radius 1 is 0.840 bits per heavy atom. The first-order valence-electron chi connectivity index (χ1n) is 10.1. The highest BCUT2D eigenvalue weighted by molar-refractivity contribution is 7.64. The lowest BCUT2D eigenvalue weighted by atomic mass is 10.1. The Kier molecular flexibility index (Phi) is 17.5. The van der Waals surface area contributed by atoms with Crippen LogP contribution in [0.1, 0.15) is 71.1 Å². The Hall–Kier alpha value is 0.0700. The van der Waals surface area contributed by atoms with Gasteiger partial charge in [0, 0.05) is 38.3 Å². The lowest BCUT2D eigenvalue weighted by Gasteiger charge is -2.20. The van der Waals surface area contributed by atoms with E-state index in [4.69, 9.17) is 14.9 Å². The van der Waals surface area contributed by atoms with Crippen LogP contribution in [0.5, 0.6) is 0 Å². The SMILES string of the molecule is CCCCCCCCCCCCOCC(O)CP(=O)(CCO)CCO. The number of aliphatic hydroxyl groups excluding tert-OH is 3. The molecule has 0 spiro atoms. The third-order valence-corrected chi connectivity index (χ3v) is 7.63. The van der Waals surface area contributed by atoms with Gasteiger partial charge in [0.05, 0.1) is 19.9 Å². The molecule has 0 radical (unpaired) electrons. The second-order valence-corrected chi connectivity index (χ2v) is 10.4. The Bertz CT molecular complexity index is 315. The van der Waals surface area contributed by atoms with Crippen LogP contribution in [-0.4, -0.2) is 66.3 Å². The Morgan fingerprint density at radius 3 is 1.80 bits per heavy atom. The van der Waals surface area contributed by atoms with Crippen LogP contribution >= 0.6 is 7.14 Å². The van der Waals surface area contributed by atoms with Gasteiger partial charge >= 0.3 is 0 Å². The van der Waals surface area contributed by atoms with Gasteiger partial charge in [-0.05, 0) is 6.42 Å². The smallest absolute Gasteiger partial charge is 0.0948 e. The van der Waals surface area contributed by atoms with Crippen LogP contribution in [0.3, 0.4) is 0 Å². The monoisotopic (exact) mass is 380 g/mol. The number of hydrogen-bond acceptors (Lipinski definition) is 5. The van der Waals surface area contributed by atoms with Crippen molar-refractivity contribution in [1.82, 2.24) is 0 Å². The quantitative estimate of drug-likeness (QED) is 0.235. The zero-order valence-corrected chi connectivity index (χ0v) is 17.1. The van der Waals surface area contributed by atoms with E-state index in [1.807, 2.05) is 0 Å². The van der Waals surface area contributed by atoms with Crippen molar-refractivity contribution < 1.29 is 24.6 Å². The molecule has 0 aromatic heterocycles. The summed E-state index contributed by atoms with van der Waals surface area (Å²) < 4.78 is 17.9. The molecular formula is C19H41O5P. The van der Waals surface area contributed by atoms with Gasteiger partial charge in [0.2, 0.25) is 0 Å². The summed E-state index contributed by atoms with van der Waals surface area (Å²) in [4.78, 5) is 0. The summed E-state index contributed by atoms with van der Waals surface area (Å²) >= 11 is 0. The molecule has 1 unspecified atom stereocenters. The van der Waals surface area contributed by atoms with Gasteiger partial charge in [-0.25, -0.2) is 0 Å². The summed E-state index contributed by atoms with van der Waals surface area (Å²) in [6, 6.07) is 0. The maximum absolute atomic E-state index is 12.4. The Labute approximate surface area is 154 Å². The predicted octanol–water partition coefficient (Wildman–Crippen LogP) is 3.63. The van der Waals surface area contributed by atoms with Crippen LogP contribution in [-0.2, 0) is 9.30 Å². The zero-order chi connectivity index (χ0) is 18.8. The molecule has 152 valence electrons. The molecule has 0 aliphatic heterocycles. The predicted molar refractivity (Wildman–Crippen MR) is 105 cm³/mol. The molecule has 0 aromatic rings. The van der Waals surface area contributed by atoms with Gasteiger partial charge in [0.1, 0.15) is 0 Å². The number of aliphatic hydroxyl groups is 3. The topological polar surface area (TPSA) is 87.0 Å². The van der Waals surface area contributed by atoms with Crippen molar-refractivity contribution in [2.45, 2.75) is 77.2 Å². The van der Waals surface area contributed by atoms with Gasteiger partial charge in [-0.3, -0.25) is 0 Å². The van der Waals surface area contributed by atoms with E-state index in [-0.39, 0.29) is 38.3 Å². The molecule has 1 atom stereocenters. The van der Waals surface area contributed by atoms with Crippen LogP contribution in [0.25, 0.3) is 0 Å². The normalized spacial score (nSPS) is 13.3. The average Bonchev–Trinajstić information content (AvgIpc) is 2.56. The number of ether oxygens (including phenoxy) is 1. The highest BCUT2D eigenvalue weighted by Crippen LogP contribution is 2.45. The van der Waals surface area contributed by atoms with Crippen LogP contribution < -0.4 is 0 Å². The minimum absolute atomic E-state index is 0.117. The molecule has 25 heavy (non-hydrogen) atoms. The number of unbranched alkanes of at least 4 members (excludes halogenated alkanes) is 9. The van der Waals surface area contributed by atoms with Gasteiger partial charge in [-0.1, -0.05) is 64.7 Å². The van der Waals surface area contributed by atoms with E-state index in [9.17, 15) is 9.67 Å². The fourth-order valence-electron chi connectivity index (χ4n) is 3.01. The summed E-state index contributed by atoms with van der Waals surface area (Å²) in [6.45, 7) is 2.69. The van der Waals surface area contributed by atoms with Crippen LogP contribution in [0.2, 0.25) is 0 Å². The highest BCUT2D eigenvalue weighted by atomic mass is 31.2. The van der Waals surface area contributed by atoms with E-state index < -0.39 is 13.2 Å². The molecule has 0 bridgehead atoms. The molecule has 0 aliphatic rings. The molecule has 0 fully saturated rings. The third kappa shape index (κ3) is 16.0. The second kappa shape index (κ2) is 17.5. The standard InChI is InChI=1S/C19H41O5P/c1-2-3-4-5-6-7-8-9-10-11-14-24-17-19(22)18-25(23,15-12-20)16-13-21/h19-22H,2-18H2,1H3. The van der Waals surface area contributed by atoms with E-state index in [1.165, 1.54) is 51.4 Å². The van der Waals surface area contributed by atoms with Crippen molar-refractivity contribution >= 4 is 7.14 Å². The van der Waals surface area contributed by atoms with E-state index in [0.29, 0.717) is 6.61 Å². The minimum Gasteiger partial charge on any atom is -0.396 e. The van der Waals surface area contributed by atoms with Gasteiger partial charge in [-0.2, -0.15) is 0 Å². The van der Waals surface area contributed by atoms with Crippen LogP contribution in [0.4, 0.5) is 0 Å². The lowest BCUT2D eigenvalue weighted by molar-refractivity contribution is 0.0457. The van der Waals surface area contributed by atoms with Crippen LogP contribution in [0.15, 0.2) is 0 Å². The van der Waals surface area contributed by atoms with E-state index in [1.54, 1.807) is 0 Å². The molecule has 5 nitrogen and oxygen atoms in total. The van der Waals surface area contributed by atoms with E-state index in [0.717, 1.165) is 12.8 Å². The molecular weight excluding hydrogens is 339 g/mol. The lowest BCUT2D eigenvalue weighted by Crippen LogP contribution is -2.23. The number of rotatable bonds is 19. The molecule has 0 saturated heterocycles. The van der Waals surface area contributed by atoms with Gasteiger partial charge in [-0.15, -0.1) is 0 Å². The van der Waals surface area contributed by atoms with Crippen molar-refractivity contribution in [1.29, 1.82) is 0 Å². The molecule has 0 aliphatic carbocycles. The highest BCUT2D eigenvalue weighted by Gasteiger charge is 2.24. The summed E-state index contributed by atoms with van der Waals surface area (Å²) in [5, 5.41) is 27.9. The summed E-state index contributed by atoms with van der Waals surface area (Å²) in [5.74, 6) is 0. The first-order valence-corrected chi connectivity index (χ1v) is 12.4. The molecule has 0 heterocycles. The van der Waals surface area contributed by atoms with Crippen molar-refractivity contribution in [3.63, 3.8) is 0 Å². The maximum Gasteiger partial charge on any atom is 0.0948 e. The summed E-state index contributed by atoms with van der Waals surface area (Å²) in [5.41, 5.74) is 0. The summed E-state index contributed by atoms with van der Waals surface area (Å²) in [6.07, 6.45) is 12.4. The van der Waals surface area contributed by atoms with Gasteiger partial charge in [0.25, 0.3) is 0 Å². The minimum atomic E-state index is -2.69. The molecule has 0 aromatic carbocycles. The van der Waals surface area contributed by atoms with Crippen molar-refractivity contribution in [2.75, 3.05) is 44.9 Å². The first-order chi connectivity index (χ1) is 12.1.